The third-order valence-corrected chi connectivity index (χ3v) is 1.86. The fraction of sp³-hybridized carbons (Fsp3) is 0.500. The van der Waals surface area contributed by atoms with Gasteiger partial charge in [0.1, 0.15) is 5.84 Å². The summed E-state index contributed by atoms with van der Waals surface area (Å²) in [5.74, 6) is 0.962. The molecular weight excluding hydrogens is 148 g/mol. The topological polar surface area (TPSA) is 24.4 Å². The summed E-state index contributed by atoms with van der Waals surface area (Å²) < 4.78 is 0. The van der Waals surface area contributed by atoms with Gasteiger partial charge in [0.05, 0.1) is 0 Å². The van der Waals surface area contributed by atoms with Crippen molar-refractivity contribution in [3.8, 4) is 0 Å². The van der Waals surface area contributed by atoms with Crippen molar-refractivity contribution in [1.82, 2.24) is 5.32 Å². The van der Waals surface area contributed by atoms with Crippen LogP contribution < -0.4 is 5.32 Å². The molecule has 0 aromatic carbocycles. The van der Waals surface area contributed by atoms with Crippen LogP contribution in [0, 0.1) is 0 Å². The molecule has 0 bridgehead atoms. The van der Waals surface area contributed by atoms with E-state index in [1.807, 2.05) is 13.8 Å². The number of hydrogen-bond donors (Lipinski definition) is 1. The van der Waals surface area contributed by atoms with Crippen molar-refractivity contribution in [2.45, 2.75) is 26.3 Å². The van der Waals surface area contributed by atoms with Crippen LogP contribution in [-0.2, 0) is 0 Å². The maximum Gasteiger partial charge on any atom is 0.123 e. The molecule has 0 aromatic heterocycles. The normalized spacial score (nSPS) is 23.5. The molecule has 0 saturated carbocycles. The smallest absolute Gasteiger partial charge is 0.123 e. The largest absolute Gasteiger partial charge is 0.364 e. The Bertz CT molecular complexity index is 226. The molecule has 2 nitrogen and oxygen atoms in total. The molecule has 1 rings (SSSR count). The van der Waals surface area contributed by atoms with Crippen LogP contribution in [0.2, 0.25) is 0 Å². The van der Waals surface area contributed by atoms with E-state index in [1.54, 1.807) is 0 Å². The van der Waals surface area contributed by atoms with E-state index in [0.29, 0.717) is 6.04 Å². The van der Waals surface area contributed by atoms with Gasteiger partial charge < -0.3 is 5.32 Å². The Morgan fingerprint density at radius 2 is 2.50 bits per heavy atom. The van der Waals surface area contributed by atoms with E-state index in [4.69, 9.17) is 0 Å². The number of hydrogen-bond acceptors (Lipinski definition) is 2. The highest BCUT2D eigenvalue weighted by Crippen LogP contribution is 2.04. The van der Waals surface area contributed by atoms with E-state index >= 15 is 0 Å². The molecule has 0 spiro atoms. The van der Waals surface area contributed by atoms with Gasteiger partial charge in [-0.2, -0.15) is 0 Å². The molecule has 66 valence electrons. The lowest BCUT2D eigenvalue weighted by atomic mass is 10.1. The van der Waals surface area contributed by atoms with E-state index in [9.17, 15) is 0 Å². The second-order valence-corrected chi connectivity index (χ2v) is 3.08. The molecule has 1 N–H and O–H groups in total. The quantitative estimate of drug-likeness (QED) is 0.619. The van der Waals surface area contributed by atoms with E-state index < -0.39 is 0 Å². The number of nitrogens with zero attached hydrogens (tertiary/aromatic N) is 1. The Kier molecular flexibility index (Phi) is 3.09. The van der Waals surface area contributed by atoms with Crippen molar-refractivity contribution >= 4 is 5.84 Å². The molecule has 0 radical (unpaired) electrons. The van der Waals surface area contributed by atoms with E-state index in [-0.39, 0.29) is 0 Å². The number of aliphatic imine (C=N–C) groups is 1. The summed E-state index contributed by atoms with van der Waals surface area (Å²) in [5.41, 5.74) is 1.02. The summed E-state index contributed by atoms with van der Waals surface area (Å²) in [6.45, 7) is 8.77. The van der Waals surface area contributed by atoms with Gasteiger partial charge in [0.25, 0.3) is 0 Å². The Morgan fingerprint density at radius 1 is 1.75 bits per heavy atom. The molecule has 0 aliphatic carbocycles. The summed E-state index contributed by atoms with van der Waals surface area (Å²) in [6.07, 6.45) is 5.32. The van der Waals surface area contributed by atoms with Gasteiger partial charge >= 0.3 is 0 Å². The van der Waals surface area contributed by atoms with Crippen LogP contribution in [0.4, 0.5) is 0 Å². The molecule has 2 heteroatoms. The minimum absolute atomic E-state index is 0.444. The summed E-state index contributed by atoms with van der Waals surface area (Å²) >= 11 is 0. The number of nitrogens with one attached hydrogen (secondary N) is 1. The van der Waals surface area contributed by atoms with Gasteiger partial charge in [-0.15, -0.1) is 0 Å². The van der Waals surface area contributed by atoms with Crippen LogP contribution in [0.5, 0.6) is 0 Å². The van der Waals surface area contributed by atoms with Crippen molar-refractivity contribution < 1.29 is 0 Å². The lowest BCUT2D eigenvalue weighted by molar-refractivity contribution is 0.635. The number of rotatable bonds is 2. The second-order valence-electron chi connectivity index (χ2n) is 3.08. The Labute approximate surface area is 74.1 Å². The van der Waals surface area contributed by atoms with E-state index in [2.05, 4.69) is 29.0 Å². The second kappa shape index (κ2) is 4.10. The molecule has 0 fully saturated rings. The number of amidine groups is 1. The van der Waals surface area contributed by atoms with Gasteiger partial charge in [0.15, 0.2) is 0 Å². The number of allylic oxidation sites excluding steroid dienone is 1. The SMILES string of the molecule is C=C(C)C1=NCCC(C=CC)N1. The van der Waals surface area contributed by atoms with Gasteiger partial charge in [0.2, 0.25) is 0 Å². The molecule has 1 aliphatic rings. The van der Waals surface area contributed by atoms with Crippen LogP contribution in [0.25, 0.3) is 0 Å². The third-order valence-electron chi connectivity index (χ3n) is 1.86. The molecule has 0 amide bonds. The first-order chi connectivity index (χ1) is 5.74. The van der Waals surface area contributed by atoms with Crippen molar-refractivity contribution in [3.63, 3.8) is 0 Å². The van der Waals surface area contributed by atoms with E-state index in [1.165, 1.54) is 0 Å². The maximum absolute atomic E-state index is 4.33. The average Bonchev–Trinajstić information content (AvgIpc) is 2.05. The monoisotopic (exact) mass is 164 g/mol. The van der Waals surface area contributed by atoms with Gasteiger partial charge in [-0.25, -0.2) is 0 Å². The van der Waals surface area contributed by atoms with Crippen LogP contribution in [0.15, 0.2) is 29.3 Å². The molecule has 1 unspecified atom stereocenters. The first kappa shape index (κ1) is 9.04. The highest BCUT2D eigenvalue weighted by molar-refractivity contribution is 5.97. The first-order valence-corrected chi connectivity index (χ1v) is 4.33. The van der Waals surface area contributed by atoms with Crippen molar-refractivity contribution in [2.75, 3.05) is 6.54 Å². The Hall–Kier alpha value is -1.05. The van der Waals surface area contributed by atoms with Crippen LogP contribution in [-0.4, -0.2) is 18.4 Å². The molecule has 0 aromatic rings. The van der Waals surface area contributed by atoms with E-state index in [0.717, 1.165) is 24.4 Å². The van der Waals surface area contributed by atoms with Crippen molar-refractivity contribution in [3.05, 3.63) is 24.3 Å². The zero-order chi connectivity index (χ0) is 8.97. The highest BCUT2D eigenvalue weighted by atomic mass is 15.0. The summed E-state index contributed by atoms with van der Waals surface area (Å²) in [7, 11) is 0. The maximum atomic E-state index is 4.33. The summed E-state index contributed by atoms with van der Waals surface area (Å²) in [6, 6.07) is 0.444. The fourth-order valence-electron chi connectivity index (χ4n) is 1.24. The molecule has 1 atom stereocenters. The Balaban J connectivity index is 2.59. The van der Waals surface area contributed by atoms with Gasteiger partial charge in [0, 0.05) is 12.6 Å². The molecule has 1 heterocycles. The molecule has 12 heavy (non-hydrogen) atoms. The van der Waals surface area contributed by atoms with Crippen LogP contribution in [0.3, 0.4) is 0 Å². The van der Waals surface area contributed by atoms with Gasteiger partial charge in [-0.05, 0) is 25.8 Å². The first-order valence-electron chi connectivity index (χ1n) is 4.33. The van der Waals surface area contributed by atoms with Crippen molar-refractivity contribution in [2.24, 2.45) is 4.99 Å². The minimum atomic E-state index is 0.444. The van der Waals surface area contributed by atoms with Gasteiger partial charge in [-0.1, -0.05) is 18.7 Å². The lowest BCUT2D eigenvalue weighted by Gasteiger charge is -2.22. The zero-order valence-electron chi connectivity index (χ0n) is 7.80. The molecule has 1 aliphatic heterocycles. The average molecular weight is 164 g/mol. The standard InChI is InChI=1S/C10H16N2/c1-4-5-9-6-7-11-10(12-9)8(2)3/h4-5,9H,2,6-7H2,1,3H3,(H,11,12). The van der Waals surface area contributed by atoms with Crippen molar-refractivity contribution in [1.29, 1.82) is 0 Å². The summed E-state index contributed by atoms with van der Waals surface area (Å²) in [5, 5.41) is 3.32. The minimum Gasteiger partial charge on any atom is -0.364 e. The molecular formula is C10H16N2. The zero-order valence-corrected chi connectivity index (χ0v) is 7.80. The third kappa shape index (κ3) is 2.22. The lowest BCUT2D eigenvalue weighted by Crippen LogP contribution is -2.38. The Morgan fingerprint density at radius 3 is 3.08 bits per heavy atom. The van der Waals surface area contributed by atoms with Gasteiger partial charge in [-0.3, -0.25) is 4.99 Å². The predicted octanol–water partition coefficient (Wildman–Crippen LogP) is 1.90. The van der Waals surface area contributed by atoms with Crippen LogP contribution >= 0.6 is 0 Å². The fourth-order valence-corrected chi connectivity index (χ4v) is 1.24. The van der Waals surface area contributed by atoms with Crippen LogP contribution in [0.1, 0.15) is 20.3 Å². The molecule has 0 saturated heterocycles. The summed E-state index contributed by atoms with van der Waals surface area (Å²) in [4.78, 5) is 4.33. The highest BCUT2D eigenvalue weighted by Gasteiger charge is 2.11. The predicted molar refractivity (Wildman–Crippen MR) is 53.5 cm³/mol.